The van der Waals surface area contributed by atoms with Crippen molar-refractivity contribution in [1.29, 1.82) is 0 Å². The highest BCUT2D eigenvalue weighted by Gasteiger charge is 2.29. The summed E-state index contributed by atoms with van der Waals surface area (Å²) in [6, 6.07) is 5.01. The number of benzene rings is 1. The number of carboxylic acid groups (broad SMARTS) is 1. The topological polar surface area (TPSA) is 74.7 Å². The summed E-state index contributed by atoms with van der Waals surface area (Å²) in [6.07, 6.45) is 0. The Balaban J connectivity index is 3.16. The number of aliphatic carboxylic acids is 1. The molecular formula is C10H12BrNO4S. The summed E-state index contributed by atoms with van der Waals surface area (Å²) in [4.78, 5) is 10.8. The van der Waals surface area contributed by atoms with Crippen LogP contribution in [0.3, 0.4) is 0 Å². The molecule has 1 aromatic carbocycles. The highest BCUT2D eigenvalue weighted by Crippen LogP contribution is 2.20. The zero-order valence-corrected chi connectivity index (χ0v) is 11.7. The second kappa shape index (κ2) is 5.16. The second-order valence-electron chi connectivity index (χ2n) is 3.49. The van der Waals surface area contributed by atoms with Gasteiger partial charge in [-0.05, 0) is 25.1 Å². The van der Waals surface area contributed by atoms with E-state index in [0.717, 1.165) is 4.31 Å². The summed E-state index contributed by atoms with van der Waals surface area (Å²) in [7, 11) is -2.54. The highest BCUT2D eigenvalue weighted by atomic mass is 79.9. The molecule has 94 valence electrons. The van der Waals surface area contributed by atoms with Crippen LogP contribution in [-0.2, 0) is 14.8 Å². The maximum absolute atomic E-state index is 12.1. The lowest BCUT2D eigenvalue weighted by atomic mass is 10.4. The maximum atomic E-state index is 12.1. The third-order valence-corrected chi connectivity index (χ3v) is 4.79. The van der Waals surface area contributed by atoms with Crippen LogP contribution in [0.25, 0.3) is 0 Å². The molecule has 1 rings (SSSR count). The fraction of sp³-hybridized carbons (Fsp3) is 0.300. The standard InChI is InChI=1S/C10H12BrNO4S/c1-7(10(13)14)12(2)17(15,16)9-5-3-4-8(11)6-9/h3-7H,1-2H3,(H,13,14). The quantitative estimate of drug-likeness (QED) is 0.912. The van der Waals surface area contributed by atoms with Crippen molar-refractivity contribution < 1.29 is 18.3 Å². The Kier molecular flexibility index (Phi) is 4.29. The molecule has 0 bridgehead atoms. The average molecular weight is 322 g/mol. The van der Waals surface area contributed by atoms with E-state index in [1.807, 2.05) is 0 Å². The Hall–Kier alpha value is -0.920. The molecule has 0 aliphatic heterocycles. The number of hydrogen-bond donors (Lipinski definition) is 1. The minimum absolute atomic E-state index is 0.0578. The largest absolute Gasteiger partial charge is 0.480 e. The van der Waals surface area contributed by atoms with E-state index in [1.54, 1.807) is 12.1 Å². The molecule has 0 aliphatic rings. The first-order valence-corrected chi connectivity index (χ1v) is 6.96. The van der Waals surface area contributed by atoms with E-state index >= 15 is 0 Å². The molecule has 0 radical (unpaired) electrons. The minimum atomic E-state index is -3.78. The van der Waals surface area contributed by atoms with Crippen LogP contribution in [0.5, 0.6) is 0 Å². The number of likely N-dealkylation sites (N-methyl/N-ethyl adjacent to an activating group) is 1. The van der Waals surface area contributed by atoms with Crippen molar-refractivity contribution in [3.8, 4) is 0 Å². The predicted octanol–water partition coefficient (Wildman–Crippen LogP) is 1.54. The summed E-state index contributed by atoms with van der Waals surface area (Å²) < 4.78 is 25.6. The van der Waals surface area contributed by atoms with Gasteiger partial charge in [-0.3, -0.25) is 4.79 Å². The van der Waals surface area contributed by atoms with Gasteiger partial charge < -0.3 is 5.11 Å². The third-order valence-electron chi connectivity index (χ3n) is 2.38. The number of nitrogens with zero attached hydrogens (tertiary/aromatic N) is 1. The van der Waals surface area contributed by atoms with E-state index in [2.05, 4.69) is 15.9 Å². The Labute approximate surface area is 108 Å². The van der Waals surface area contributed by atoms with E-state index in [-0.39, 0.29) is 4.90 Å². The lowest BCUT2D eigenvalue weighted by molar-refractivity contribution is -0.140. The Morgan fingerprint density at radius 1 is 1.47 bits per heavy atom. The SMILES string of the molecule is CC(C(=O)O)N(C)S(=O)(=O)c1cccc(Br)c1. The molecule has 1 aromatic rings. The lowest BCUT2D eigenvalue weighted by Crippen LogP contribution is -2.40. The van der Waals surface area contributed by atoms with Crippen molar-refractivity contribution in [2.45, 2.75) is 17.9 Å². The molecule has 17 heavy (non-hydrogen) atoms. The van der Waals surface area contributed by atoms with Crippen LogP contribution >= 0.6 is 15.9 Å². The monoisotopic (exact) mass is 321 g/mol. The van der Waals surface area contributed by atoms with E-state index in [4.69, 9.17) is 5.11 Å². The van der Waals surface area contributed by atoms with Crippen LogP contribution in [0.2, 0.25) is 0 Å². The maximum Gasteiger partial charge on any atom is 0.321 e. The van der Waals surface area contributed by atoms with Crippen LogP contribution in [0.4, 0.5) is 0 Å². The fourth-order valence-electron chi connectivity index (χ4n) is 1.16. The van der Waals surface area contributed by atoms with Gasteiger partial charge in [0.25, 0.3) is 0 Å². The van der Waals surface area contributed by atoms with E-state index < -0.39 is 22.0 Å². The third kappa shape index (κ3) is 3.05. The Morgan fingerprint density at radius 2 is 2.06 bits per heavy atom. The van der Waals surface area contributed by atoms with Gasteiger partial charge >= 0.3 is 5.97 Å². The molecule has 0 amide bonds. The minimum Gasteiger partial charge on any atom is -0.480 e. The molecule has 7 heteroatoms. The molecular weight excluding hydrogens is 310 g/mol. The lowest BCUT2D eigenvalue weighted by Gasteiger charge is -2.21. The second-order valence-corrected chi connectivity index (χ2v) is 6.41. The zero-order valence-electron chi connectivity index (χ0n) is 9.29. The molecule has 0 fully saturated rings. The van der Waals surface area contributed by atoms with Crippen LogP contribution in [0.1, 0.15) is 6.92 Å². The number of rotatable bonds is 4. The molecule has 1 unspecified atom stereocenters. The summed E-state index contributed by atoms with van der Waals surface area (Å²) in [6.45, 7) is 1.32. The van der Waals surface area contributed by atoms with E-state index in [9.17, 15) is 13.2 Å². The van der Waals surface area contributed by atoms with Crippen molar-refractivity contribution in [2.75, 3.05) is 7.05 Å². The van der Waals surface area contributed by atoms with Crippen LogP contribution in [0, 0.1) is 0 Å². The molecule has 0 heterocycles. The van der Waals surface area contributed by atoms with E-state index in [0.29, 0.717) is 4.47 Å². The van der Waals surface area contributed by atoms with Gasteiger partial charge in [-0.2, -0.15) is 4.31 Å². The van der Waals surface area contributed by atoms with Gasteiger partial charge in [-0.1, -0.05) is 22.0 Å². The van der Waals surface area contributed by atoms with Crippen molar-refractivity contribution in [1.82, 2.24) is 4.31 Å². The molecule has 0 spiro atoms. The number of carboxylic acids is 1. The molecule has 0 saturated carbocycles. The highest BCUT2D eigenvalue weighted by molar-refractivity contribution is 9.10. The summed E-state index contributed by atoms with van der Waals surface area (Å²) >= 11 is 3.17. The first kappa shape index (κ1) is 14.1. The molecule has 5 nitrogen and oxygen atoms in total. The van der Waals surface area contributed by atoms with Gasteiger partial charge in [0, 0.05) is 11.5 Å². The smallest absolute Gasteiger partial charge is 0.321 e. The van der Waals surface area contributed by atoms with Crippen molar-refractivity contribution >= 4 is 31.9 Å². The van der Waals surface area contributed by atoms with Gasteiger partial charge in [-0.15, -0.1) is 0 Å². The van der Waals surface area contributed by atoms with Gasteiger partial charge in [0.1, 0.15) is 6.04 Å². The number of carbonyl (C=O) groups is 1. The zero-order chi connectivity index (χ0) is 13.2. The molecule has 0 aromatic heterocycles. The van der Waals surface area contributed by atoms with Crippen molar-refractivity contribution in [3.63, 3.8) is 0 Å². The van der Waals surface area contributed by atoms with Crippen LogP contribution in [0.15, 0.2) is 33.6 Å². The molecule has 0 saturated heterocycles. The van der Waals surface area contributed by atoms with Crippen molar-refractivity contribution in [3.05, 3.63) is 28.7 Å². The summed E-state index contributed by atoms with van der Waals surface area (Å²) in [5.74, 6) is -1.19. The average Bonchev–Trinajstić information content (AvgIpc) is 2.26. The van der Waals surface area contributed by atoms with Crippen LogP contribution in [-0.4, -0.2) is 36.9 Å². The number of sulfonamides is 1. The van der Waals surface area contributed by atoms with Crippen molar-refractivity contribution in [2.24, 2.45) is 0 Å². The van der Waals surface area contributed by atoms with Crippen LogP contribution < -0.4 is 0 Å². The van der Waals surface area contributed by atoms with Gasteiger partial charge in [-0.25, -0.2) is 8.42 Å². The molecule has 1 atom stereocenters. The van der Waals surface area contributed by atoms with Gasteiger partial charge in [0.15, 0.2) is 0 Å². The molecule has 1 N–H and O–H groups in total. The summed E-state index contributed by atoms with van der Waals surface area (Å²) in [5, 5.41) is 8.80. The number of hydrogen-bond acceptors (Lipinski definition) is 3. The van der Waals surface area contributed by atoms with Gasteiger partial charge in [0.2, 0.25) is 10.0 Å². The first-order chi connectivity index (χ1) is 7.76. The first-order valence-electron chi connectivity index (χ1n) is 4.73. The van der Waals surface area contributed by atoms with Gasteiger partial charge in [0.05, 0.1) is 4.90 Å². The fourth-order valence-corrected chi connectivity index (χ4v) is 3.07. The Morgan fingerprint density at radius 3 is 2.53 bits per heavy atom. The number of halogens is 1. The van der Waals surface area contributed by atoms with E-state index in [1.165, 1.54) is 26.1 Å². The summed E-state index contributed by atoms with van der Waals surface area (Å²) in [5.41, 5.74) is 0. The molecule has 0 aliphatic carbocycles. The predicted molar refractivity (Wildman–Crippen MR) is 66.2 cm³/mol. The normalized spacial score (nSPS) is 13.6. The Bertz CT molecular complexity index is 529.